The molecule has 0 aliphatic heterocycles. The van der Waals surface area contributed by atoms with Crippen molar-refractivity contribution in [2.24, 2.45) is 11.7 Å². The van der Waals surface area contributed by atoms with Gasteiger partial charge in [-0.3, -0.25) is 4.79 Å². The molecule has 4 heteroatoms. The molecule has 2 atom stereocenters. The zero-order valence-corrected chi connectivity index (χ0v) is 13.5. The number of carbonyl (C=O) groups is 1. The minimum atomic E-state index is -0.681. The molecule has 1 rings (SSSR count). The topological polar surface area (TPSA) is 55.1 Å². The van der Waals surface area contributed by atoms with E-state index in [1.165, 1.54) is 0 Å². The van der Waals surface area contributed by atoms with Gasteiger partial charge in [-0.25, -0.2) is 0 Å². The maximum absolute atomic E-state index is 12.0. The first kappa shape index (κ1) is 16.0. The van der Waals surface area contributed by atoms with Gasteiger partial charge < -0.3 is 11.1 Å². The minimum absolute atomic E-state index is 0.286. The Bertz CT molecular complexity index is 436. The number of benzene rings is 1. The van der Waals surface area contributed by atoms with Crippen LogP contribution in [0.4, 0.5) is 5.69 Å². The highest BCUT2D eigenvalue weighted by molar-refractivity contribution is 9.10. The third kappa shape index (κ3) is 3.96. The number of carbonyl (C=O) groups excluding carboxylic acids is 1. The van der Waals surface area contributed by atoms with Gasteiger partial charge in [-0.2, -0.15) is 0 Å². The normalized spacial score (nSPS) is 15.6. The summed E-state index contributed by atoms with van der Waals surface area (Å²) in [5.74, 6) is 0.161. The van der Waals surface area contributed by atoms with Gasteiger partial charge in [0.2, 0.25) is 5.91 Å². The Morgan fingerprint density at radius 3 is 2.53 bits per heavy atom. The lowest BCUT2D eigenvalue weighted by Crippen LogP contribution is -2.51. The van der Waals surface area contributed by atoms with Crippen LogP contribution in [0, 0.1) is 5.92 Å². The maximum Gasteiger partial charge on any atom is 0.243 e. The van der Waals surface area contributed by atoms with Crippen molar-refractivity contribution in [3.63, 3.8) is 0 Å². The Balaban J connectivity index is 3.04. The Morgan fingerprint density at radius 2 is 2.05 bits per heavy atom. The first-order valence-electron chi connectivity index (χ1n) is 6.77. The van der Waals surface area contributed by atoms with E-state index in [-0.39, 0.29) is 5.91 Å². The fourth-order valence-corrected chi connectivity index (χ4v) is 2.56. The molecule has 1 aromatic rings. The average Bonchev–Trinajstić information content (AvgIpc) is 2.39. The molecule has 0 radical (unpaired) electrons. The monoisotopic (exact) mass is 326 g/mol. The molecule has 0 aliphatic carbocycles. The molecule has 1 aromatic carbocycles. The van der Waals surface area contributed by atoms with Crippen LogP contribution in [0.25, 0.3) is 0 Å². The predicted molar refractivity (Wildman–Crippen MR) is 84.1 cm³/mol. The van der Waals surface area contributed by atoms with Gasteiger partial charge in [0.05, 0.1) is 0 Å². The van der Waals surface area contributed by atoms with Crippen LogP contribution in [0.15, 0.2) is 28.7 Å². The molecule has 0 heterocycles. The SMILES string of the molecule is CCC(C)CC(CC)(Nc1ccccc1Br)C(N)=O. The molecule has 0 bridgehead atoms. The van der Waals surface area contributed by atoms with Crippen LogP contribution < -0.4 is 11.1 Å². The molecule has 1 amide bonds. The second-order valence-corrected chi connectivity index (χ2v) is 5.98. The molecule has 3 nitrogen and oxygen atoms in total. The van der Waals surface area contributed by atoms with Gasteiger partial charge in [-0.1, -0.05) is 39.3 Å². The van der Waals surface area contributed by atoms with Crippen LogP contribution in [0.3, 0.4) is 0 Å². The molecule has 19 heavy (non-hydrogen) atoms. The van der Waals surface area contributed by atoms with Crippen LogP contribution in [0.1, 0.15) is 40.0 Å². The van der Waals surface area contributed by atoms with Crippen molar-refractivity contribution in [3.8, 4) is 0 Å². The van der Waals surface area contributed by atoms with Crippen molar-refractivity contribution in [2.45, 2.75) is 45.6 Å². The highest BCUT2D eigenvalue weighted by atomic mass is 79.9. The summed E-state index contributed by atoms with van der Waals surface area (Å²) in [6, 6.07) is 7.79. The van der Waals surface area contributed by atoms with Crippen molar-refractivity contribution in [1.82, 2.24) is 0 Å². The zero-order chi connectivity index (χ0) is 14.5. The molecule has 0 spiro atoms. The van der Waals surface area contributed by atoms with E-state index in [0.717, 1.165) is 23.0 Å². The first-order chi connectivity index (χ1) is 8.95. The quantitative estimate of drug-likeness (QED) is 0.797. The number of hydrogen-bond acceptors (Lipinski definition) is 2. The number of rotatable bonds is 7. The fourth-order valence-electron chi connectivity index (χ4n) is 2.18. The van der Waals surface area contributed by atoms with Crippen molar-refractivity contribution in [2.75, 3.05) is 5.32 Å². The Hall–Kier alpha value is -1.03. The van der Waals surface area contributed by atoms with E-state index in [4.69, 9.17) is 5.73 Å². The molecular formula is C15H23BrN2O. The van der Waals surface area contributed by atoms with Gasteiger partial charge in [0.15, 0.2) is 0 Å². The van der Waals surface area contributed by atoms with Gasteiger partial charge in [0.1, 0.15) is 5.54 Å². The largest absolute Gasteiger partial charge is 0.370 e. The van der Waals surface area contributed by atoms with Crippen LogP contribution in [-0.4, -0.2) is 11.4 Å². The Morgan fingerprint density at radius 1 is 1.42 bits per heavy atom. The first-order valence-corrected chi connectivity index (χ1v) is 7.57. The van der Waals surface area contributed by atoms with Crippen molar-refractivity contribution in [3.05, 3.63) is 28.7 Å². The predicted octanol–water partition coefficient (Wildman–Crippen LogP) is 3.93. The van der Waals surface area contributed by atoms with E-state index in [1.807, 2.05) is 31.2 Å². The molecule has 0 saturated heterocycles. The van der Waals surface area contributed by atoms with Gasteiger partial charge in [0.25, 0.3) is 0 Å². The van der Waals surface area contributed by atoms with Crippen LogP contribution >= 0.6 is 15.9 Å². The summed E-state index contributed by atoms with van der Waals surface area (Å²) in [5, 5.41) is 3.35. The smallest absolute Gasteiger partial charge is 0.243 e. The van der Waals surface area contributed by atoms with Crippen LogP contribution in [0.5, 0.6) is 0 Å². The highest BCUT2D eigenvalue weighted by Crippen LogP contribution is 2.30. The second kappa shape index (κ2) is 6.94. The zero-order valence-electron chi connectivity index (χ0n) is 11.9. The van der Waals surface area contributed by atoms with Gasteiger partial charge in [0, 0.05) is 10.2 Å². The summed E-state index contributed by atoms with van der Waals surface area (Å²) in [4.78, 5) is 12.0. The molecular weight excluding hydrogens is 304 g/mol. The molecule has 0 aromatic heterocycles. The van der Waals surface area contributed by atoms with Gasteiger partial charge in [-0.05, 0) is 46.8 Å². The summed E-state index contributed by atoms with van der Waals surface area (Å²) in [6.45, 7) is 6.27. The number of anilines is 1. The lowest BCUT2D eigenvalue weighted by Gasteiger charge is -2.34. The van der Waals surface area contributed by atoms with E-state index in [9.17, 15) is 4.79 Å². The molecule has 0 aliphatic rings. The van der Waals surface area contributed by atoms with E-state index in [1.54, 1.807) is 0 Å². The Kier molecular flexibility index (Phi) is 5.85. The number of primary amides is 1. The number of nitrogens with one attached hydrogen (secondary N) is 1. The van der Waals surface area contributed by atoms with Crippen molar-refractivity contribution >= 4 is 27.5 Å². The molecule has 0 saturated carbocycles. The minimum Gasteiger partial charge on any atom is -0.370 e. The highest BCUT2D eigenvalue weighted by Gasteiger charge is 2.36. The number of para-hydroxylation sites is 1. The third-order valence-electron chi connectivity index (χ3n) is 3.72. The summed E-state index contributed by atoms with van der Waals surface area (Å²) in [6.07, 6.45) is 2.46. The number of amides is 1. The van der Waals surface area contributed by atoms with Crippen molar-refractivity contribution in [1.29, 1.82) is 0 Å². The second-order valence-electron chi connectivity index (χ2n) is 5.12. The maximum atomic E-state index is 12.0. The van der Waals surface area contributed by atoms with Crippen LogP contribution in [-0.2, 0) is 4.79 Å². The average molecular weight is 327 g/mol. The molecule has 2 unspecified atom stereocenters. The summed E-state index contributed by atoms with van der Waals surface area (Å²) >= 11 is 3.50. The van der Waals surface area contributed by atoms with E-state index in [0.29, 0.717) is 12.3 Å². The summed E-state index contributed by atoms with van der Waals surface area (Å²) in [7, 11) is 0. The molecule has 3 N–H and O–H groups in total. The van der Waals surface area contributed by atoms with Gasteiger partial charge in [-0.15, -0.1) is 0 Å². The lowest BCUT2D eigenvalue weighted by atomic mass is 9.83. The van der Waals surface area contributed by atoms with Crippen LogP contribution in [0.2, 0.25) is 0 Å². The summed E-state index contributed by atoms with van der Waals surface area (Å²) < 4.78 is 0.943. The van der Waals surface area contributed by atoms with E-state index < -0.39 is 5.54 Å². The van der Waals surface area contributed by atoms with Crippen molar-refractivity contribution < 1.29 is 4.79 Å². The lowest BCUT2D eigenvalue weighted by molar-refractivity contribution is -0.123. The molecule has 106 valence electrons. The fraction of sp³-hybridized carbons (Fsp3) is 0.533. The summed E-state index contributed by atoms with van der Waals surface area (Å²) in [5.41, 5.74) is 5.89. The van der Waals surface area contributed by atoms with E-state index in [2.05, 4.69) is 35.1 Å². The number of nitrogens with two attached hydrogens (primary N) is 1. The molecule has 0 fully saturated rings. The van der Waals surface area contributed by atoms with Gasteiger partial charge >= 0.3 is 0 Å². The third-order valence-corrected chi connectivity index (χ3v) is 4.41. The number of hydrogen-bond donors (Lipinski definition) is 2. The van der Waals surface area contributed by atoms with E-state index >= 15 is 0 Å². The number of halogens is 1. The standard InChI is InChI=1S/C15H23BrN2O/c1-4-11(3)10-15(5-2,14(17)19)18-13-9-7-6-8-12(13)16/h6-9,11,18H,4-5,10H2,1-3H3,(H2,17,19). The Labute approximate surface area is 124 Å².